The van der Waals surface area contributed by atoms with Crippen molar-refractivity contribution in [3.8, 4) is 11.4 Å². The van der Waals surface area contributed by atoms with Gasteiger partial charge >= 0.3 is 0 Å². The summed E-state index contributed by atoms with van der Waals surface area (Å²) >= 11 is 1.35. The molecular weight excluding hydrogens is 343 g/mol. The summed E-state index contributed by atoms with van der Waals surface area (Å²) in [5.41, 5.74) is 0.783. The normalized spacial score (nSPS) is 20.7. The molecule has 1 fully saturated rings. The van der Waals surface area contributed by atoms with Gasteiger partial charge in [-0.2, -0.15) is 0 Å². The number of hydrogen-bond donors (Lipinski definition) is 0. The van der Waals surface area contributed by atoms with Crippen LogP contribution in [0.3, 0.4) is 0 Å². The molecule has 134 valence electrons. The highest BCUT2D eigenvalue weighted by atomic mass is 32.2. The third-order valence-corrected chi connectivity index (χ3v) is 5.04. The van der Waals surface area contributed by atoms with Crippen molar-refractivity contribution in [2.75, 3.05) is 18.8 Å². The Kier molecular flexibility index (Phi) is 5.39. The lowest BCUT2D eigenvalue weighted by Crippen LogP contribution is -2.48. The third-order valence-electron chi connectivity index (χ3n) is 4.03. The van der Waals surface area contributed by atoms with Crippen molar-refractivity contribution < 1.29 is 13.9 Å². The molecular formula is C17H21FN4O2S. The number of ether oxygens (including phenoxy) is 1. The smallest absolute Gasteiger partial charge is 0.233 e. The van der Waals surface area contributed by atoms with Crippen molar-refractivity contribution in [3.05, 3.63) is 30.1 Å². The fourth-order valence-corrected chi connectivity index (χ4v) is 3.70. The number of carbonyl (C=O) groups excluding carboxylic acids is 1. The number of morpholine rings is 1. The molecule has 6 nitrogen and oxygen atoms in total. The van der Waals surface area contributed by atoms with Crippen LogP contribution in [0.1, 0.15) is 13.8 Å². The van der Waals surface area contributed by atoms with Gasteiger partial charge in [-0.15, -0.1) is 10.2 Å². The molecule has 25 heavy (non-hydrogen) atoms. The molecule has 0 N–H and O–H groups in total. The molecule has 1 aliphatic rings. The van der Waals surface area contributed by atoms with Crippen LogP contribution < -0.4 is 0 Å². The second-order valence-electron chi connectivity index (χ2n) is 6.22. The van der Waals surface area contributed by atoms with Gasteiger partial charge in [0, 0.05) is 25.7 Å². The predicted molar refractivity (Wildman–Crippen MR) is 93.7 cm³/mol. The zero-order valence-electron chi connectivity index (χ0n) is 14.5. The van der Waals surface area contributed by atoms with E-state index in [4.69, 9.17) is 4.74 Å². The molecule has 3 rings (SSSR count). The van der Waals surface area contributed by atoms with Gasteiger partial charge < -0.3 is 14.2 Å². The Labute approximate surface area is 150 Å². The molecule has 2 atom stereocenters. The van der Waals surface area contributed by atoms with E-state index in [-0.39, 0.29) is 23.9 Å². The number of nitrogens with zero attached hydrogens (tertiary/aromatic N) is 4. The summed E-state index contributed by atoms with van der Waals surface area (Å²) in [7, 11) is 1.84. The maximum Gasteiger partial charge on any atom is 0.233 e. The van der Waals surface area contributed by atoms with Gasteiger partial charge in [-0.25, -0.2) is 4.39 Å². The maximum atomic E-state index is 13.1. The van der Waals surface area contributed by atoms with Crippen LogP contribution in [0.5, 0.6) is 0 Å². The fourth-order valence-electron chi connectivity index (χ4n) is 2.89. The number of rotatable bonds is 4. The van der Waals surface area contributed by atoms with E-state index < -0.39 is 0 Å². The van der Waals surface area contributed by atoms with E-state index in [0.717, 1.165) is 5.56 Å². The minimum absolute atomic E-state index is 0.0533. The van der Waals surface area contributed by atoms with Crippen LogP contribution in [0.4, 0.5) is 4.39 Å². The topological polar surface area (TPSA) is 60.2 Å². The fraction of sp³-hybridized carbons (Fsp3) is 0.471. The molecule has 0 unspecified atom stereocenters. The number of amides is 1. The van der Waals surface area contributed by atoms with Crippen molar-refractivity contribution in [1.29, 1.82) is 0 Å². The molecule has 2 heterocycles. The second-order valence-corrected chi connectivity index (χ2v) is 7.16. The summed E-state index contributed by atoms with van der Waals surface area (Å²) in [6.07, 6.45) is 0.107. The largest absolute Gasteiger partial charge is 0.372 e. The van der Waals surface area contributed by atoms with Gasteiger partial charge in [0.1, 0.15) is 5.82 Å². The van der Waals surface area contributed by atoms with Crippen molar-refractivity contribution in [1.82, 2.24) is 19.7 Å². The Hall–Kier alpha value is -1.93. The minimum atomic E-state index is -0.292. The molecule has 0 saturated carbocycles. The first-order chi connectivity index (χ1) is 11.9. The van der Waals surface area contributed by atoms with E-state index in [1.807, 2.05) is 30.4 Å². The van der Waals surface area contributed by atoms with Gasteiger partial charge in [0.25, 0.3) is 0 Å². The minimum Gasteiger partial charge on any atom is -0.372 e. The molecule has 1 amide bonds. The van der Waals surface area contributed by atoms with Crippen molar-refractivity contribution in [2.24, 2.45) is 7.05 Å². The van der Waals surface area contributed by atoms with E-state index in [0.29, 0.717) is 29.8 Å². The van der Waals surface area contributed by atoms with Crippen LogP contribution in [0, 0.1) is 5.82 Å². The van der Waals surface area contributed by atoms with Gasteiger partial charge in [0.2, 0.25) is 5.91 Å². The summed E-state index contributed by atoms with van der Waals surface area (Å²) in [6, 6.07) is 6.10. The zero-order chi connectivity index (χ0) is 18.0. The Morgan fingerprint density at radius 2 is 1.88 bits per heavy atom. The maximum absolute atomic E-state index is 13.1. The van der Waals surface area contributed by atoms with Gasteiger partial charge in [0.05, 0.1) is 18.0 Å². The molecule has 1 aliphatic heterocycles. The summed E-state index contributed by atoms with van der Waals surface area (Å²) in [4.78, 5) is 14.3. The van der Waals surface area contributed by atoms with E-state index in [2.05, 4.69) is 10.2 Å². The number of hydrogen-bond acceptors (Lipinski definition) is 5. The number of thioether (sulfide) groups is 1. The van der Waals surface area contributed by atoms with Crippen LogP contribution in [0.25, 0.3) is 11.4 Å². The SMILES string of the molecule is C[C@H]1CN(C(=O)CSc2nnc(-c3ccc(F)cc3)n2C)C[C@H](C)O1. The van der Waals surface area contributed by atoms with Crippen molar-refractivity contribution in [3.63, 3.8) is 0 Å². The first kappa shape index (κ1) is 17.9. The monoisotopic (exact) mass is 364 g/mol. The molecule has 8 heteroatoms. The number of halogens is 1. The molecule has 0 aliphatic carbocycles. The second kappa shape index (κ2) is 7.53. The first-order valence-corrected chi connectivity index (χ1v) is 9.14. The average Bonchev–Trinajstić information content (AvgIpc) is 2.93. The number of aromatic nitrogens is 3. The summed E-state index contributed by atoms with van der Waals surface area (Å²) in [5, 5.41) is 8.96. The first-order valence-electron chi connectivity index (χ1n) is 8.15. The van der Waals surface area contributed by atoms with Crippen LogP contribution >= 0.6 is 11.8 Å². The summed E-state index contributed by atoms with van der Waals surface area (Å²) in [5.74, 6) is 0.719. The standard InChI is InChI=1S/C17H21FN4O2S/c1-11-8-22(9-12(2)24-11)15(23)10-25-17-20-19-16(21(17)3)13-4-6-14(18)7-5-13/h4-7,11-12H,8-10H2,1-3H3/t11-,12-/m0/s1. The molecule has 0 radical (unpaired) electrons. The lowest BCUT2D eigenvalue weighted by Gasteiger charge is -2.35. The molecule has 1 saturated heterocycles. The Balaban J connectivity index is 1.64. The molecule has 0 bridgehead atoms. The lowest BCUT2D eigenvalue weighted by molar-refractivity contribution is -0.140. The van der Waals surface area contributed by atoms with Crippen LogP contribution in [0.15, 0.2) is 29.4 Å². The lowest BCUT2D eigenvalue weighted by atomic mass is 10.2. The van der Waals surface area contributed by atoms with Gasteiger partial charge in [0.15, 0.2) is 11.0 Å². The van der Waals surface area contributed by atoms with E-state index in [9.17, 15) is 9.18 Å². The highest BCUT2D eigenvalue weighted by Crippen LogP contribution is 2.23. The van der Waals surface area contributed by atoms with Crippen molar-refractivity contribution in [2.45, 2.75) is 31.2 Å². The Bertz CT molecular complexity index is 740. The molecule has 2 aromatic rings. The van der Waals surface area contributed by atoms with Crippen LogP contribution in [-0.2, 0) is 16.6 Å². The number of carbonyl (C=O) groups is 1. The van der Waals surface area contributed by atoms with Crippen LogP contribution in [-0.4, -0.2) is 56.6 Å². The summed E-state index contributed by atoms with van der Waals surface area (Å²) in [6.45, 7) is 5.17. The van der Waals surface area contributed by atoms with Crippen LogP contribution in [0.2, 0.25) is 0 Å². The molecule has 1 aromatic heterocycles. The predicted octanol–water partition coefficient (Wildman–Crippen LogP) is 2.35. The van der Waals surface area contributed by atoms with E-state index in [1.165, 1.54) is 23.9 Å². The highest BCUT2D eigenvalue weighted by Gasteiger charge is 2.26. The Morgan fingerprint density at radius 1 is 1.24 bits per heavy atom. The molecule has 0 spiro atoms. The average molecular weight is 364 g/mol. The zero-order valence-corrected chi connectivity index (χ0v) is 15.3. The summed E-state index contributed by atoms with van der Waals surface area (Å²) < 4.78 is 20.5. The van der Waals surface area contributed by atoms with Gasteiger partial charge in [-0.1, -0.05) is 11.8 Å². The highest BCUT2D eigenvalue weighted by molar-refractivity contribution is 7.99. The van der Waals surface area contributed by atoms with Crippen molar-refractivity contribution >= 4 is 17.7 Å². The van der Waals surface area contributed by atoms with E-state index in [1.54, 1.807) is 12.1 Å². The van der Waals surface area contributed by atoms with E-state index >= 15 is 0 Å². The van der Waals surface area contributed by atoms with Gasteiger partial charge in [-0.3, -0.25) is 4.79 Å². The quantitative estimate of drug-likeness (QED) is 0.780. The third kappa shape index (κ3) is 4.19. The van der Waals surface area contributed by atoms with Gasteiger partial charge in [-0.05, 0) is 38.1 Å². The molecule has 1 aromatic carbocycles. The Morgan fingerprint density at radius 3 is 2.52 bits per heavy atom. The number of benzene rings is 1.